The molecule has 10 aromatic rings. The fourth-order valence-electron chi connectivity index (χ4n) is 8.91. The number of benzene rings is 8. The number of allylic oxidation sites excluding steroid dienone is 1. The van der Waals surface area contributed by atoms with Gasteiger partial charge in [0.15, 0.2) is 0 Å². The molecule has 53 heavy (non-hydrogen) atoms. The zero-order chi connectivity index (χ0) is 35.2. The topological polar surface area (TPSA) is 22.2 Å². The highest BCUT2D eigenvalue weighted by molar-refractivity contribution is 6.15. The van der Waals surface area contributed by atoms with Gasteiger partial charge in [-0.05, 0) is 131 Å². The van der Waals surface area contributed by atoms with Crippen molar-refractivity contribution in [2.24, 2.45) is 4.99 Å². The van der Waals surface area contributed by atoms with Crippen LogP contribution >= 0.6 is 0 Å². The molecule has 0 saturated heterocycles. The van der Waals surface area contributed by atoms with E-state index in [4.69, 9.17) is 0 Å². The van der Waals surface area contributed by atoms with Gasteiger partial charge in [0.25, 0.3) is 0 Å². The lowest BCUT2D eigenvalue weighted by Gasteiger charge is -2.11. The first-order valence-electron chi connectivity index (χ1n) is 18.2. The van der Waals surface area contributed by atoms with Crippen LogP contribution in [0.5, 0.6) is 0 Å². The van der Waals surface area contributed by atoms with Gasteiger partial charge in [0, 0.05) is 38.5 Å². The van der Waals surface area contributed by atoms with Crippen molar-refractivity contribution in [2.45, 2.75) is 6.92 Å². The van der Waals surface area contributed by atoms with Gasteiger partial charge in [0.05, 0.1) is 27.8 Å². The van der Waals surface area contributed by atoms with Gasteiger partial charge < -0.3 is 9.13 Å². The second-order valence-corrected chi connectivity index (χ2v) is 14.0. The van der Waals surface area contributed by atoms with E-state index in [1.54, 1.807) is 0 Å². The quantitative estimate of drug-likeness (QED) is 0.166. The van der Waals surface area contributed by atoms with Crippen molar-refractivity contribution in [3.05, 3.63) is 181 Å². The fraction of sp³-hybridized carbons (Fsp3) is 0.0200. The molecule has 248 valence electrons. The number of aromatic nitrogens is 2. The summed E-state index contributed by atoms with van der Waals surface area (Å²) in [6.07, 6.45) is 2.21. The number of nitrogens with zero attached hydrogens (tertiary/aromatic N) is 3. The lowest BCUT2D eigenvalue weighted by Crippen LogP contribution is -1.95. The molecule has 0 aliphatic heterocycles. The summed E-state index contributed by atoms with van der Waals surface area (Å²) >= 11 is 0. The lowest BCUT2D eigenvalue weighted by atomic mass is 10.00. The Bertz CT molecular complexity index is 3190. The zero-order valence-electron chi connectivity index (χ0n) is 29.2. The maximum absolute atomic E-state index is 4.37. The normalized spacial score (nSPS) is 13.1. The van der Waals surface area contributed by atoms with Crippen molar-refractivity contribution in [3.63, 3.8) is 0 Å². The minimum atomic E-state index is 0.925. The van der Waals surface area contributed by atoms with Crippen LogP contribution in [0.2, 0.25) is 0 Å². The van der Waals surface area contributed by atoms with Crippen LogP contribution < -0.4 is 0 Å². The van der Waals surface area contributed by atoms with Crippen LogP contribution in [0, 0.1) is 0 Å². The number of para-hydroxylation sites is 2. The SMILES string of the molecule is C=Nc1cccc2c1/C(=C\C)c1cc(-n3c4ccccc4c4cc(-c5ccc6c(c5)c5cc7ccccc7cc5n6-c5ccccc5)ccc43)ccc1-2. The Kier molecular flexibility index (Phi) is 6.32. The molecule has 3 heteroatoms. The van der Waals surface area contributed by atoms with Crippen LogP contribution in [0.1, 0.15) is 18.1 Å². The van der Waals surface area contributed by atoms with Crippen molar-refractivity contribution in [2.75, 3.05) is 0 Å². The molecule has 2 aromatic heterocycles. The number of hydrogen-bond donors (Lipinski definition) is 0. The van der Waals surface area contributed by atoms with Gasteiger partial charge in [-0.25, -0.2) is 0 Å². The molecule has 2 heterocycles. The van der Waals surface area contributed by atoms with Crippen molar-refractivity contribution >= 4 is 72.4 Å². The second-order valence-electron chi connectivity index (χ2n) is 14.0. The molecule has 0 fully saturated rings. The van der Waals surface area contributed by atoms with E-state index in [0.717, 1.165) is 11.4 Å². The Morgan fingerprint density at radius 3 is 1.85 bits per heavy atom. The van der Waals surface area contributed by atoms with E-state index in [1.165, 1.54) is 99.0 Å². The first-order valence-corrected chi connectivity index (χ1v) is 18.2. The minimum Gasteiger partial charge on any atom is -0.309 e. The second kappa shape index (κ2) is 11.3. The maximum Gasteiger partial charge on any atom is 0.0707 e. The molecule has 0 N–H and O–H groups in total. The van der Waals surface area contributed by atoms with E-state index in [2.05, 4.69) is 192 Å². The molecule has 1 aliphatic rings. The number of aliphatic imine (C=N–C) groups is 1. The van der Waals surface area contributed by atoms with Gasteiger partial charge in [-0.2, -0.15) is 0 Å². The smallest absolute Gasteiger partial charge is 0.0707 e. The molecule has 3 nitrogen and oxygen atoms in total. The van der Waals surface area contributed by atoms with Gasteiger partial charge in [-0.1, -0.05) is 97.1 Å². The third-order valence-electron chi connectivity index (χ3n) is 11.3. The average molecular weight is 676 g/mol. The van der Waals surface area contributed by atoms with Crippen LogP contribution in [0.4, 0.5) is 5.69 Å². The van der Waals surface area contributed by atoms with Crippen LogP contribution in [0.25, 0.3) is 93.6 Å². The third-order valence-corrected chi connectivity index (χ3v) is 11.3. The van der Waals surface area contributed by atoms with E-state index < -0.39 is 0 Å². The molecular weight excluding hydrogens is 643 g/mol. The summed E-state index contributed by atoms with van der Waals surface area (Å²) in [5.74, 6) is 0. The standard InChI is InChI=1S/C50H33N3/c1-3-37-41-30-36(22-23-38(41)40-17-11-18-45(51-2)50(37)40)53-46-19-10-9-16-39(46)42-27-33(20-24-47(42)53)34-21-25-48-43(28-34)44-26-31-12-7-8-13-32(31)29-49(44)52(48)35-14-5-4-6-15-35/h3-30H,2H2,1H3/b37-3-. The molecule has 0 saturated carbocycles. The van der Waals surface area contributed by atoms with Crippen molar-refractivity contribution in [3.8, 4) is 33.6 Å². The monoisotopic (exact) mass is 675 g/mol. The van der Waals surface area contributed by atoms with Gasteiger partial charge >= 0.3 is 0 Å². The molecule has 0 spiro atoms. The molecule has 0 radical (unpaired) electrons. The number of rotatable bonds is 4. The Labute approximate surface area is 307 Å². The molecule has 0 amide bonds. The molecule has 0 unspecified atom stereocenters. The Hall–Kier alpha value is -6.97. The molecule has 0 bridgehead atoms. The predicted molar refractivity (Wildman–Crippen MR) is 225 cm³/mol. The van der Waals surface area contributed by atoms with E-state index in [-0.39, 0.29) is 0 Å². The molecule has 0 atom stereocenters. The Morgan fingerprint density at radius 1 is 0.453 bits per heavy atom. The maximum atomic E-state index is 4.37. The van der Waals surface area contributed by atoms with Crippen LogP contribution in [-0.4, -0.2) is 15.9 Å². The highest BCUT2D eigenvalue weighted by Crippen LogP contribution is 2.49. The highest BCUT2D eigenvalue weighted by Gasteiger charge is 2.26. The van der Waals surface area contributed by atoms with Gasteiger partial charge in [0.1, 0.15) is 0 Å². The molecule has 11 rings (SSSR count). The first kappa shape index (κ1) is 29.7. The van der Waals surface area contributed by atoms with Gasteiger partial charge in [-0.15, -0.1) is 0 Å². The molecule has 1 aliphatic carbocycles. The summed E-state index contributed by atoms with van der Waals surface area (Å²) in [6, 6.07) is 60.0. The van der Waals surface area contributed by atoms with Crippen LogP contribution in [0.15, 0.2) is 175 Å². The van der Waals surface area contributed by atoms with Gasteiger partial charge in [-0.3, -0.25) is 4.99 Å². The van der Waals surface area contributed by atoms with E-state index in [1.807, 2.05) is 6.07 Å². The Morgan fingerprint density at radius 2 is 1.09 bits per heavy atom. The summed E-state index contributed by atoms with van der Waals surface area (Å²) in [5.41, 5.74) is 16.5. The molecular formula is C50H33N3. The summed E-state index contributed by atoms with van der Waals surface area (Å²) in [7, 11) is 0. The summed E-state index contributed by atoms with van der Waals surface area (Å²) in [6.45, 7) is 5.98. The molecule has 8 aromatic carbocycles. The van der Waals surface area contributed by atoms with E-state index in [9.17, 15) is 0 Å². The van der Waals surface area contributed by atoms with Crippen LogP contribution in [0.3, 0.4) is 0 Å². The van der Waals surface area contributed by atoms with Gasteiger partial charge in [0.2, 0.25) is 0 Å². The van der Waals surface area contributed by atoms with Crippen molar-refractivity contribution in [1.29, 1.82) is 0 Å². The van der Waals surface area contributed by atoms with E-state index >= 15 is 0 Å². The highest BCUT2D eigenvalue weighted by atomic mass is 15.0. The lowest BCUT2D eigenvalue weighted by molar-refractivity contribution is 1.18. The van der Waals surface area contributed by atoms with E-state index in [0.29, 0.717) is 0 Å². The summed E-state index contributed by atoms with van der Waals surface area (Å²) in [4.78, 5) is 4.37. The average Bonchev–Trinajstić information content (AvgIpc) is 3.84. The zero-order valence-corrected chi connectivity index (χ0v) is 29.2. The van der Waals surface area contributed by atoms with Crippen LogP contribution in [-0.2, 0) is 0 Å². The van der Waals surface area contributed by atoms with Crippen molar-refractivity contribution < 1.29 is 0 Å². The summed E-state index contributed by atoms with van der Waals surface area (Å²) in [5, 5.41) is 7.49. The Balaban J connectivity index is 1.10. The largest absolute Gasteiger partial charge is 0.309 e. The summed E-state index contributed by atoms with van der Waals surface area (Å²) < 4.78 is 4.82. The fourth-order valence-corrected chi connectivity index (χ4v) is 8.91. The third kappa shape index (κ3) is 4.25. The minimum absolute atomic E-state index is 0.925. The van der Waals surface area contributed by atoms with Crippen molar-refractivity contribution in [1.82, 2.24) is 9.13 Å². The number of hydrogen-bond acceptors (Lipinski definition) is 1. The first-order chi connectivity index (χ1) is 26.2. The predicted octanol–water partition coefficient (Wildman–Crippen LogP) is 13.5. The number of fused-ring (bicyclic) bond motifs is 10.